The van der Waals surface area contributed by atoms with Crippen molar-refractivity contribution in [3.63, 3.8) is 0 Å². The van der Waals surface area contributed by atoms with Crippen molar-refractivity contribution in [1.29, 1.82) is 0 Å². The third-order valence-corrected chi connectivity index (χ3v) is 5.44. The van der Waals surface area contributed by atoms with E-state index in [1.165, 1.54) is 66.8 Å². The van der Waals surface area contributed by atoms with E-state index in [0.29, 0.717) is 0 Å². The van der Waals surface area contributed by atoms with Gasteiger partial charge in [0.1, 0.15) is 0 Å². The van der Waals surface area contributed by atoms with Crippen LogP contribution >= 0.6 is 0 Å². The van der Waals surface area contributed by atoms with Gasteiger partial charge >= 0.3 is 0 Å². The van der Waals surface area contributed by atoms with Gasteiger partial charge in [0.25, 0.3) is 0 Å². The van der Waals surface area contributed by atoms with E-state index < -0.39 is 0 Å². The minimum Gasteiger partial charge on any atom is -0.0654 e. The van der Waals surface area contributed by atoms with Crippen molar-refractivity contribution >= 4 is 10.8 Å². The molecule has 28 heavy (non-hydrogen) atoms. The second-order valence-electron chi connectivity index (χ2n) is 7.71. The molecule has 144 valence electrons. The molecule has 0 heteroatoms. The molecule has 0 N–H and O–H groups in total. The summed E-state index contributed by atoms with van der Waals surface area (Å²) in [5, 5.41) is 2.56. The van der Waals surface area contributed by atoms with Crippen LogP contribution in [0.5, 0.6) is 0 Å². The van der Waals surface area contributed by atoms with Gasteiger partial charge in [-0.05, 0) is 65.4 Å². The molecule has 3 aromatic rings. The van der Waals surface area contributed by atoms with E-state index >= 15 is 0 Å². The molecule has 0 aliphatic carbocycles. The number of hydrogen-bond donors (Lipinski definition) is 0. The molecular weight excluding hydrogens is 336 g/mol. The monoisotopic (exact) mass is 368 g/mol. The Balaban J connectivity index is 1.57. The van der Waals surface area contributed by atoms with Gasteiger partial charge in [0, 0.05) is 11.1 Å². The number of unbranched alkanes of at least 4 members (excludes halogenated alkanes) is 5. The second-order valence-corrected chi connectivity index (χ2v) is 7.71. The largest absolute Gasteiger partial charge is 0.0654 e. The molecule has 0 nitrogen and oxygen atoms in total. The summed E-state index contributed by atoms with van der Waals surface area (Å²) in [4.78, 5) is 0. The summed E-state index contributed by atoms with van der Waals surface area (Å²) in [6.07, 6.45) is 10.4. The van der Waals surface area contributed by atoms with E-state index in [2.05, 4.69) is 86.4 Å². The van der Waals surface area contributed by atoms with Crippen LogP contribution < -0.4 is 0 Å². The van der Waals surface area contributed by atoms with Gasteiger partial charge in [0.15, 0.2) is 0 Å². The van der Waals surface area contributed by atoms with Gasteiger partial charge in [0.05, 0.1) is 0 Å². The molecule has 0 amide bonds. The molecule has 0 radical (unpaired) electrons. The minimum atomic E-state index is 1.08. The topological polar surface area (TPSA) is 0 Å². The molecule has 0 saturated carbocycles. The molecule has 0 heterocycles. The average molecular weight is 369 g/mol. The number of aryl methyl sites for hydroxylation is 2. The van der Waals surface area contributed by atoms with Gasteiger partial charge in [-0.15, -0.1) is 0 Å². The molecule has 0 atom stereocenters. The van der Waals surface area contributed by atoms with Crippen LogP contribution in [0.4, 0.5) is 0 Å². The first kappa shape index (κ1) is 20.2. The van der Waals surface area contributed by atoms with Gasteiger partial charge in [-0.3, -0.25) is 0 Å². The minimum absolute atomic E-state index is 1.08. The number of benzene rings is 3. The molecule has 0 aromatic heterocycles. The summed E-state index contributed by atoms with van der Waals surface area (Å²) >= 11 is 0. The third-order valence-electron chi connectivity index (χ3n) is 5.44. The third kappa shape index (κ3) is 6.00. The van der Waals surface area contributed by atoms with Crippen molar-refractivity contribution < 1.29 is 0 Å². The molecule has 0 saturated heterocycles. The second kappa shape index (κ2) is 10.7. The van der Waals surface area contributed by atoms with Crippen LogP contribution in [0.25, 0.3) is 10.8 Å². The standard InChI is InChI=1S/C28H32/c1-3-5-6-7-8-9-10-24-11-13-25(14-12-24)15-16-26-18-20-27-21-23(4-2)17-19-28(27)22-26/h11-14,17-22H,3-10H2,1-2H3. The first-order valence-corrected chi connectivity index (χ1v) is 10.9. The van der Waals surface area contributed by atoms with E-state index in [1.807, 2.05) is 0 Å². The average Bonchev–Trinajstić information content (AvgIpc) is 2.75. The van der Waals surface area contributed by atoms with Gasteiger partial charge in [0.2, 0.25) is 0 Å². The molecule has 0 unspecified atom stereocenters. The van der Waals surface area contributed by atoms with E-state index in [0.717, 1.165) is 17.5 Å². The lowest BCUT2D eigenvalue weighted by atomic mass is 10.0. The van der Waals surface area contributed by atoms with E-state index in [-0.39, 0.29) is 0 Å². The zero-order valence-electron chi connectivity index (χ0n) is 17.4. The lowest BCUT2D eigenvalue weighted by Gasteiger charge is -2.03. The molecule has 3 rings (SSSR count). The number of hydrogen-bond acceptors (Lipinski definition) is 0. The fraction of sp³-hybridized carbons (Fsp3) is 0.357. The van der Waals surface area contributed by atoms with Gasteiger partial charge in [-0.1, -0.05) is 94.2 Å². The van der Waals surface area contributed by atoms with Crippen molar-refractivity contribution in [3.8, 4) is 11.8 Å². The fourth-order valence-corrected chi connectivity index (χ4v) is 3.60. The lowest BCUT2D eigenvalue weighted by Crippen LogP contribution is -1.87. The van der Waals surface area contributed by atoms with E-state index in [1.54, 1.807) is 0 Å². The molecule has 0 bridgehead atoms. The SMILES string of the molecule is CCCCCCCCc1ccc(C#Cc2ccc3cc(CC)ccc3c2)cc1. The van der Waals surface area contributed by atoms with Crippen LogP contribution in [0.1, 0.15) is 74.6 Å². The normalized spacial score (nSPS) is 10.6. The smallest absolute Gasteiger partial charge is 0.0255 e. The Labute approximate surface area is 171 Å². The highest BCUT2D eigenvalue weighted by molar-refractivity contribution is 5.84. The van der Waals surface area contributed by atoms with Gasteiger partial charge in [-0.2, -0.15) is 0 Å². The highest BCUT2D eigenvalue weighted by Gasteiger charge is 1.97. The maximum atomic E-state index is 3.32. The van der Waals surface area contributed by atoms with E-state index in [9.17, 15) is 0 Å². The highest BCUT2D eigenvalue weighted by atomic mass is 14.0. The fourth-order valence-electron chi connectivity index (χ4n) is 3.60. The summed E-state index contributed by atoms with van der Waals surface area (Å²) in [5.74, 6) is 6.64. The summed E-state index contributed by atoms with van der Waals surface area (Å²) in [6, 6.07) is 22.0. The molecular formula is C28H32. The molecule has 0 aliphatic rings. The summed E-state index contributed by atoms with van der Waals surface area (Å²) < 4.78 is 0. The molecule has 3 aromatic carbocycles. The predicted molar refractivity (Wildman–Crippen MR) is 123 cm³/mol. The lowest BCUT2D eigenvalue weighted by molar-refractivity contribution is 0.607. The van der Waals surface area contributed by atoms with Crippen LogP contribution in [-0.4, -0.2) is 0 Å². The Kier molecular flexibility index (Phi) is 7.74. The van der Waals surface area contributed by atoms with Crippen molar-refractivity contribution in [2.75, 3.05) is 0 Å². The van der Waals surface area contributed by atoms with Crippen LogP contribution in [0.2, 0.25) is 0 Å². The maximum Gasteiger partial charge on any atom is 0.0255 e. The van der Waals surface area contributed by atoms with Gasteiger partial charge in [-0.25, -0.2) is 0 Å². The Hall–Kier alpha value is -2.52. The quantitative estimate of drug-likeness (QED) is 0.282. The molecule has 0 aliphatic heterocycles. The van der Waals surface area contributed by atoms with Crippen molar-refractivity contribution in [3.05, 3.63) is 82.9 Å². The Morgan fingerprint density at radius 1 is 0.571 bits per heavy atom. The Morgan fingerprint density at radius 3 is 1.96 bits per heavy atom. The van der Waals surface area contributed by atoms with Crippen LogP contribution in [0, 0.1) is 11.8 Å². The van der Waals surface area contributed by atoms with Gasteiger partial charge < -0.3 is 0 Å². The maximum absolute atomic E-state index is 3.32. The molecule has 0 spiro atoms. The van der Waals surface area contributed by atoms with Crippen molar-refractivity contribution in [2.45, 2.75) is 65.2 Å². The summed E-state index contributed by atoms with van der Waals surface area (Å²) in [6.45, 7) is 4.46. The zero-order valence-corrected chi connectivity index (χ0v) is 17.4. The van der Waals surface area contributed by atoms with Crippen LogP contribution in [-0.2, 0) is 12.8 Å². The first-order chi connectivity index (χ1) is 13.8. The van der Waals surface area contributed by atoms with Crippen LogP contribution in [0.15, 0.2) is 60.7 Å². The summed E-state index contributed by atoms with van der Waals surface area (Å²) in [7, 11) is 0. The zero-order chi connectivity index (χ0) is 19.6. The predicted octanol–water partition coefficient (Wildman–Crippen LogP) is 7.71. The van der Waals surface area contributed by atoms with Crippen molar-refractivity contribution in [1.82, 2.24) is 0 Å². The number of rotatable bonds is 8. The molecule has 0 fully saturated rings. The Morgan fingerprint density at radius 2 is 1.18 bits per heavy atom. The first-order valence-electron chi connectivity index (χ1n) is 10.9. The van der Waals surface area contributed by atoms with Crippen LogP contribution in [0.3, 0.4) is 0 Å². The highest BCUT2D eigenvalue weighted by Crippen LogP contribution is 2.18. The number of fused-ring (bicyclic) bond motifs is 1. The Bertz CT molecular complexity index is 935. The van der Waals surface area contributed by atoms with Crippen molar-refractivity contribution in [2.24, 2.45) is 0 Å². The summed E-state index contributed by atoms with van der Waals surface area (Å²) in [5.41, 5.74) is 4.98. The van der Waals surface area contributed by atoms with E-state index in [4.69, 9.17) is 0 Å².